The number of rotatable bonds is 12. The van der Waals surface area contributed by atoms with E-state index in [9.17, 15) is 9.59 Å². The third kappa shape index (κ3) is 12.0. The van der Waals surface area contributed by atoms with Gasteiger partial charge in [-0.3, -0.25) is 9.59 Å². The summed E-state index contributed by atoms with van der Waals surface area (Å²) in [6, 6.07) is 0. The van der Waals surface area contributed by atoms with E-state index in [1.807, 2.05) is 0 Å². The second kappa shape index (κ2) is 12.3. The van der Waals surface area contributed by atoms with E-state index in [0.29, 0.717) is 13.2 Å². The summed E-state index contributed by atoms with van der Waals surface area (Å²) in [7, 11) is 0. The first-order valence-corrected chi connectivity index (χ1v) is 6.81. The maximum absolute atomic E-state index is 11.2. The molecule has 0 saturated carbocycles. The molecule has 0 bridgehead atoms. The molecule has 0 aliphatic carbocycles. The molecule has 0 rings (SSSR count). The van der Waals surface area contributed by atoms with Crippen molar-refractivity contribution >= 4 is 24.6 Å². The zero-order valence-corrected chi connectivity index (χ0v) is 12.1. The number of hydrogen-bond donors (Lipinski definition) is 2. The van der Waals surface area contributed by atoms with Crippen molar-refractivity contribution in [2.24, 2.45) is 0 Å². The van der Waals surface area contributed by atoms with E-state index >= 15 is 0 Å². The van der Waals surface area contributed by atoms with Crippen LogP contribution >= 0.6 is 12.6 Å². The zero-order valence-electron chi connectivity index (χ0n) is 11.2. The Bertz CT molecular complexity index is 259. The molecular weight excluding hydrogens is 272 g/mol. The maximum atomic E-state index is 11.2. The molecule has 0 aromatic heterocycles. The predicted octanol–water partition coefficient (Wildman–Crippen LogP) is 1.14. The molecule has 1 unspecified atom stereocenters. The fraction of sp³-hybridized carbons (Fsp3) is 0.833. The molecule has 0 radical (unpaired) electrons. The van der Waals surface area contributed by atoms with Gasteiger partial charge < -0.3 is 19.3 Å². The van der Waals surface area contributed by atoms with E-state index in [4.69, 9.17) is 19.3 Å². The molecule has 0 aromatic rings. The van der Waals surface area contributed by atoms with Gasteiger partial charge >= 0.3 is 11.9 Å². The van der Waals surface area contributed by atoms with Crippen molar-refractivity contribution in [3.8, 4) is 0 Å². The van der Waals surface area contributed by atoms with Crippen molar-refractivity contribution in [1.29, 1.82) is 0 Å². The Balaban J connectivity index is 3.34. The Hall–Kier alpha value is -0.790. The first-order chi connectivity index (χ1) is 9.07. The van der Waals surface area contributed by atoms with Gasteiger partial charge in [-0.15, -0.1) is 0 Å². The number of esters is 1. The standard InChI is InChI=1S/C12H22O6S/c1-2-3-4-16-5-6-17-7-8-18-12(15)10(19)9-11(13)14/h10,19H,2-9H2,1H3,(H,13,14). The minimum Gasteiger partial charge on any atom is -0.481 e. The molecule has 1 N–H and O–H groups in total. The summed E-state index contributed by atoms with van der Waals surface area (Å²) in [5.41, 5.74) is 0. The van der Waals surface area contributed by atoms with Crippen LogP contribution in [-0.2, 0) is 23.8 Å². The van der Waals surface area contributed by atoms with Crippen LogP contribution in [0.15, 0.2) is 0 Å². The second-order valence-corrected chi connectivity index (χ2v) is 4.48. The van der Waals surface area contributed by atoms with Crippen LogP contribution in [0.4, 0.5) is 0 Å². The van der Waals surface area contributed by atoms with Crippen LogP contribution in [0.2, 0.25) is 0 Å². The van der Waals surface area contributed by atoms with E-state index in [1.165, 1.54) is 0 Å². The molecule has 0 fully saturated rings. The number of carbonyl (C=O) groups excluding carboxylic acids is 1. The molecule has 7 heteroatoms. The average Bonchev–Trinajstić information content (AvgIpc) is 2.35. The molecule has 0 amide bonds. The highest BCUT2D eigenvalue weighted by molar-refractivity contribution is 7.81. The largest absolute Gasteiger partial charge is 0.481 e. The molecule has 0 aliphatic rings. The molecule has 112 valence electrons. The van der Waals surface area contributed by atoms with Gasteiger partial charge in [0, 0.05) is 6.61 Å². The van der Waals surface area contributed by atoms with Gasteiger partial charge in [-0.2, -0.15) is 12.6 Å². The van der Waals surface area contributed by atoms with E-state index in [-0.39, 0.29) is 19.6 Å². The fourth-order valence-electron chi connectivity index (χ4n) is 1.11. The number of thiol groups is 1. The lowest BCUT2D eigenvalue weighted by molar-refractivity contribution is -0.148. The third-order valence-corrected chi connectivity index (χ3v) is 2.52. The van der Waals surface area contributed by atoms with Crippen LogP contribution in [0.5, 0.6) is 0 Å². The van der Waals surface area contributed by atoms with Crippen LogP contribution in [-0.4, -0.2) is 55.3 Å². The second-order valence-electron chi connectivity index (χ2n) is 3.86. The smallest absolute Gasteiger partial charge is 0.319 e. The SMILES string of the molecule is CCCCOCCOCCOC(=O)C(S)CC(=O)O. The van der Waals surface area contributed by atoms with Gasteiger partial charge in [0.25, 0.3) is 0 Å². The number of unbranched alkanes of at least 4 members (excludes halogenated alkanes) is 1. The fourth-order valence-corrected chi connectivity index (χ4v) is 1.35. The summed E-state index contributed by atoms with van der Waals surface area (Å²) < 4.78 is 15.3. The number of hydrogen-bond acceptors (Lipinski definition) is 6. The Kier molecular flexibility index (Phi) is 11.7. The average molecular weight is 294 g/mol. The van der Waals surface area contributed by atoms with Crippen molar-refractivity contribution in [1.82, 2.24) is 0 Å². The number of aliphatic carboxylic acids is 1. The van der Waals surface area contributed by atoms with Crippen LogP contribution in [0.3, 0.4) is 0 Å². The van der Waals surface area contributed by atoms with Gasteiger partial charge in [-0.1, -0.05) is 13.3 Å². The Labute approximate surface area is 118 Å². The zero-order chi connectivity index (χ0) is 14.5. The Morgan fingerprint density at radius 1 is 1.11 bits per heavy atom. The van der Waals surface area contributed by atoms with Gasteiger partial charge in [-0.25, -0.2) is 0 Å². The van der Waals surface area contributed by atoms with Gasteiger partial charge in [0.15, 0.2) is 0 Å². The van der Waals surface area contributed by atoms with Gasteiger partial charge in [-0.05, 0) is 6.42 Å². The van der Waals surface area contributed by atoms with Crippen molar-refractivity contribution in [3.05, 3.63) is 0 Å². The number of carboxylic acid groups (broad SMARTS) is 1. The van der Waals surface area contributed by atoms with Gasteiger partial charge in [0.2, 0.25) is 0 Å². The third-order valence-electron chi connectivity index (χ3n) is 2.13. The first-order valence-electron chi connectivity index (χ1n) is 6.30. The lowest BCUT2D eigenvalue weighted by atomic mass is 10.3. The quantitative estimate of drug-likeness (QED) is 0.319. The van der Waals surface area contributed by atoms with Gasteiger partial charge in [0.1, 0.15) is 11.9 Å². The molecular formula is C12H22O6S. The highest BCUT2D eigenvalue weighted by atomic mass is 32.1. The predicted molar refractivity (Wildman–Crippen MR) is 72.5 cm³/mol. The Morgan fingerprint density at radius 3 is 2.26 bits per heavy atom. The first kappa shape index (κ1) is 18.2. The Morgan fingerprint density at radius 2 is 1.68 bits per heavy atom. The van der Waals surface area contributed by atoms with E-state index < -0.39 is 17.2 Å². The van der Waals surface area contributed by atoms with Crippen LogP contribution in [0.25, 0.3) is 0 Å². The normalized spacial score (nSPS) is 12.1. The van der Waals surface area contributed by atoms with E-state index in [2.05, 4.69) is 19.6 Å². The lowest BCUT2D eigenvalue weighted by Crippen LogP contribution is -2.23. The molecule has 1 atom stereocenters. The topological polar surface area (TPSA) is 82.1 Å². The minimum atomic E-state index is -1.09. The molecule has 6 nitrogen and oxygen atoms in total. The van der Waals surface area contributed by atoms with E-state index in [1.54, 1.807) is 0 Å². The maximum Gasteiger partial charge on any atom is 0.319 e. The van der Waals surface area contributed by atoms with E-state index in [0.717, 1.165) is 19.4 Å². The summed E-state index contributed by atoms with van der Waals surface area (Å²) in [5, 5.41) is 7.53. The molecule has 19 heavy (non-hydrogen) atoms. The van der Waals surface area contributed by atoms with Crippen molar-refractivity contribution < 1.29 is 28.9 Å². The summed E-state index contributed by atoms with van der Waals surface area (Å²) in [6.07, 6.45) is 1.77. The van der Waals surface area contributed by atoms with Gasteiger partial charge in [0.05, 0.1) is 26.2 Å². The van der Waals surface area contributed by atoms with Crippen molar-refractivity contribution in [2.45, 2.75) is 31.4 Å². The molecule has 0 aliphatic heterocycles. The van der Waals surface area contributed by atoms with Crippen LogP contribution in [0, 0.1) is 0 Å². The molecule has 0 aromatic carbocycles. The number of carboxylic acids is 1. The number of carbonyl (C=O) groups is 2. The highest BCUT2D eigenvalue weighted by Crippen LogP contribution is 2.03. The summed E-state index contributed by atoms with van der Waals surface area (Å²) in [5.74, 6) is -1.73. The van der Waals surface area contributed by atoms with Crippen molar-refractivity contribution in [3.63, 3.8) is 0 Å². The summed E-state index contributed by atoms with van der Waals surface area (Å²) >= 11 is 3.84. The number of ether oxygens (including phenoxy) is 3. The van der Waals surface area contributed by atoms with Crippen LogP contribution < -0.4 is 0 Å². The summed E-state index contributed by atoms with van der Waals surface area (Å²) in [4.78, 5) is 21.6. The molecule has 0 spiro atoms. The minimum absolute atomic E-state index is 0.0878. The monoisotopic (exact) mass is 294 g/mol. The molecule has 0 heterocycles. The highest BCUT2D eigenvalue weighted by Gasteiger charge is 2.18. The van der Waals surface area contributed by atoms with Crippen molar-refractivity contribution in [2.75, 3.05) is 33.0 Å². The summed E-state index contributed by atoms with van der Waals surface area (Å²) in [6.45, 7) is 4.13. The molecule has 0 saturated heterocycles. The lowest BCUT2D eigenvalue weighted by Gasteiger charge is -2.09. The van der Waals surface area contributed by atoms with Crippen LogP contribution in [0.1, 0.15) is 26.2 Å².